The molecule has 2 heterocycles. The first-order chi connectivity index (χ1) is 9.88. The topological polar surface area (TPSA) is 111 Å². The number of carboxylic acid groups (broad SMARTS) is 1. The van der Waals surface area contributed by atoms with E-state index >= 15 is 0 Å². The predicted molar refractivity (Wildman–Crippen MR) is 72.1 cm³/mol. The van der Waals surface area contributed by atoms with Gasteiger partial charge in [-0.1, -0.05) is 5.16 Å². The molecule has 8 nitrogen and oxygen atoms in total. The van der Waals surface area contributed by atoms with Gasteiger partial charge in [0, 0.05) is 24.7 Å². The second-order valence-electron chi connectivity index (χ2n) is 4.75. The maximum atomic E-state index is 12.0. The first-order valence-electron chi connectivity index (χ1n) is 6.46. The highest BCUT2D eigenvalue weighted by Crippen LogP contribution is 2.13. The van der Waals surface area contributed by atoms with Gasteiger partial charge in [-0.05, 0) is 25.8 Å². The Morgan fingerprint density at radius 1 is 1.29 bits per heavy atom. The van der Waals surface area contributed by atoms with Crippen LogP contribution in [0, 0.1) is 20.8 Å². The van der Waals surface area contributed by atoms with E-state index in [9.17, 15) is 9.59 Å². The Kier molecular flexibility index (Phi) is 4.15. The van der Waals surface area contributed by atoms with Crippen LogP contribution in [0.4, 0.5) is 0 Å². The minimum Gasteiger partial charge on any atom is -0.481 e. The molecule has 2 aromatic heterocycles. The zero-order valence-electron chi connectivity index (χ0n) is 12.1. The molecule has 2 aromatic rings. The van der Waals surface area contributed by atoms with E-state index in [-0.39, 0.29) is 13.0 Å². The van der Waals surface area contributed by atoms with Crippen molar-refractivity contribution < 1.29 is 14.4 Å². The molecule has 0 unspecified atom stereocenters. The molecule has 0 aliphatic rings. The zero-order valence-corrected chi connectivity index (χ0v) is 12.1. The third-order valence-corrected chi connectivity index (χ3v) is 3.23. The Morgan fingerprint density at radius 2 is 2.00 bits per heavy atom. The monoisotopic (exact) mass is 292 g/mol. The van der Waals surface area contributed by atoms with Gasteiger partial charge in [0.1, 0.15) is 0 Å². The highest BCUT2D eigenvalue weighted by atomic mass is 16.5. The van der Waals surface area contributed by atoms with Crippen LogP contribution in [0.5, 0.6) is 0 Å². The highest BCUT2D eigenvalue weighted by Gasteiger charge is 2.14. The van der Waals surface area contributed by atoms with E-state index in [2.05, 4.69) is 15.1 Å². The van der Waals surface area contributed by atoms with Crippen LogP contribution < -0.4 is 5.69 Å². The van der Waals surface area contributed by atoms with Crippen molar-refractivity contribution in [1.82, 2.24) is 19.7 Å². The zero-order chi connectivity index (χ0) is 15.6. The summed E-state index contributed by atoms with van der Waals surface area (Å²) in [5.74, 6) is -0.0882. The first kappa shape index (κ1) is 14.9. The Morgan fingerprint density at radius 3 is 2.57 bits per heavy atom. The van der Waals surface area contributed by atoms with Crippen LogP contribution in [0.1, 0.15) is 35.1 Å². The lowest BCUT2D eigenvalue weighted by Gasteiger charge is -2.13. The van der Waals surface area contributed by atoms with Crippen molar-refractivity contribution in [3.8, 4) is 0 Å². The molecule has 2 rings (SSSR count). The Hall–Kier alpha value is -2.51. The maximum Gasteiger partial charge on any atom is 0.348 e. The number of carbonyl (C=O) groups is 1. The molecular weight excluding hydrogens is 276 g/mol. The summed E-state index contributed by atoms with van der Waals surface area (Å²) in [6.45, 7) is 5.28. The normalized spacial score (nSPS) is 10.8. The Balaban J connectivity index is 2.38. The molecule has 0 radical (unpaired) electrons. The first-order valence-corrected chi connectivity index (χ1v) is 6.46. The van der Waals surface area contributed by atoms with Crippen molar-refractivity contribution >= 4 is 5.97 Å². The van der Waals surface area contributed by atoms with Gasteiger partial charge in [-0.3, -0.25) is 9.36 Å². The average Bonchev–Trinajstić information content (AvgIpc) is 2.79. The molecule has 0 spiro atoms. The number of carboxylic acids is 1. The van der Waals surface area contributed by atoms with Gasteiger partial charge in [0.05, 0.1) is 6.54 Å². The van der Waals surface area contributed by atoms with Gasteiger partial charge >= 0.3 is 11.7 Å². The quantitative estimate of drug-likeness (QED) is 0.859. The Bertz CT molecular complexity index is 732. The summed E-state index contributed by atoms with van der Waals surface area (Å²) in [5.41, 5.74) is 1.58. The van der Waals surface area contributed by atoms with Gasteiger partial charge in [-0.15, -0.1) is 0 Å². The van der Waals surface area contributed by atoms with Crippen LogP contribution in [0.15, 0.2) is 9.32 Å². The van der Waals surface area contributed by atoms with Crippen molar-refractivity contribution in [2.45, 2.75) is 40.2 Å². The molecule has 8 heteroatoms. The SMILES string of the molecule is Cc1nc(Cn2c(C)c(CCC(=O)O)c(C)nc2=O)no1. The molecule has 21 heavy (non-hydrogen) atoms. The van der Waals surface area contributed by atoms with E-state index in [4.69, 9.17) is 9.63 Å². The number of hydrogen-bond donors (Lipinski definition) is 1. The molecule has 0 saturated heterocycles. The molecule has 0 aromatic carbocycles. The standard InChI is InChI=1S/C13H16N4O4/c1-7-10(4-5-12(18)19)8(2)17(13(20)14-7)6-11-15-9(3)21-16-11/h4-6H2,1-3H3,(H,18,19). The number of aromatic nitrogens is 4. The third kappa shape index (κ3) is 3.33. The number of aliphatic carboxylic acids is 1. The highest BCUT2D eigenvalue weighted by molar-refractivity contribution is 5.67. The third-order valence-electron chi connectivity index (χ3n) is 3.23. The summed E-state index contributed by atoms with van der Waals surface area (Å²) in [6, 6.07) is 0. The second-order valence-corrected chi connectivity index (χ2v) is 4.75. The minimum atomic E-state index is -0.889. The van der Waals surface area contributed by atoms with Crippen molar-refractivity contribution in [2.75, 3.05) is 0 Å². The second kappa shape index (κ2) is 5.86. The molecule has 112 valence electrons. The lowest BCUT2D eigenvalue weighted by atomic mass is 10.1. The fourth-order valence-corrected chi connectivity index (χ4v) is 2.17. The molecular formula is C13H16N4O4. The summed E-state index contributed by atoms with van der Waals surface area (Å²) in [7, 11) is 0. The van der Waals surface area contributed by atoms with Crippen LogP contribution >= 0.6 is 0 Å². The van der Waals surface area contributed by atoms with E-state index < -0.39 is 11.7 Å². The van der Waals surface area contributed by atoms with Crippen LogP contribution in [0.25, 0.3) is 0 Å². The predicted octanol–water partition coefficient (Wildman–Crippen LogP) is 0.617. The van der Waals surface area contributed by atoms with Crippen molar-refractivity contribution in [2.24, 2.45) is 0 Å². The number of rotatable bonds is 5. The lowest BCUT2D eigenvalue weighted by molar-refractivity contribution is -0.136. The van der Waals surface area contributed by atoms with Crippen LogP contribution in [0.3, 0.4) is 0 Å². The van der Waals surface area contributed by atoms with Gasteiger partial charge in [-0.2, -0.15) is 9.97 Å². The summed E-state index contributed by atoms with van der Waals surface area (Å²) in [4.78, 5) is 30.7. The maximum absolute atomic E-state index is 12.0. The Labute approximate surface area is 120 Å². The molecule has 0 atom stereocenters. The smallest absolute Gasteiger partial charge is 0.348 e. The lowest BCUT2D eigenvalue weighted by Crippen LogP contribution is -2.28. The summed E-state index contributed by atoms with van der Waals surface area (Å²) in [5, 5.41) is 12.5. The summed E-state index contributed by atoms with van der Waals surface area (Å²) >= 11 is 0. The minimum absolute atomic E-state index is 0.0110. The molecule has 0 fully saturated rings. The van der Waals surface area contributed by atoms with E-state index in [0.29, 0.717) is 29.5 Å². The largest absolute Gasteiger partial charge is 0.481 e. The fraction of sp³-hybridized carbons (Fsp3) is 0.462. The summed E-state index contributed by atoms with van der Waals surface area (Å²) in [6.07, 6.45) is 0.314. The van der Waals surface area contributed by atoms with E-state index in [1.54, 1.807) is 20.8 Å². The van der Waals surface area contributed by atoms with Crippen molar-refractivity contribution in [3.05, 3.63) is 39.2 Å². The van der Waals surface area contributed by atoms with Gasteiger partial charge in [0.15, 0.2) is 5.82 Å². The van der Waals surface area contributed by atoms with Crippen LogP contribution in [0.2, 0.25) is 0 Å². The molecule has 0 saturated carbocycles. The van der Waals surface area contributed by atoms with E-state index in [1.165, 1.54) is 4.57 Å². The number of hydrogen-bond acceptors (Lipinski definition) is 6. The van der Waals surface area contributed by atoms with Crippen molar-refractivity contribution in [1.29, 1.82) is 0 Å². The fourth-order valence-electron chi connectivity index (χ4n) is 2.17. The van der Waals surface area contributed by atoms with Gasteiger partial charge in [0.2, 0.25) is 5.89 Å². The summed E-state index contributed by atoms with van der Waals surface area (Å²) < 4.78 is 6.30. The molecule has 1 N–H and O–H groups in total. The molecule has 0 amide bonds. The van der Waals surface area contributed by atoms with Gasteiger partial charge < -0.3 is 9.63 Å². The average molecular weight is 292 g/mol. The van der Waals surface area contributed by atoms with Gasteiger partial charge in [-0.25, -0.2) is 4.79 Å². The van der Waals surface area contributed by atoms with E-state index in [1.807, 2.05) is 0 Å². The van der Waals surface area contributed by atoms with Crippen LogP contribution in [-0.4, -0.2) is 30.8 Å². The molecule has 0 bridgehead atoms. The van der Waals surface area contributed by atoms with Gasteiger partial charge in [0.25, 0.3) is 0 Å². The number of nitrogens with zero attached hydrogens (tertiary/aromatic N) is 4. The molecule has 0 aliphatic carbocycles. The van der Waals surface area contributed by atoms with Crippen LogP contribution in [-0.2, 0) is 17.8 Å². The van der Waals surface area contributed by atoms with E-state index in [0.717, 1.165) is 5.56 Å². The van der Waals surface area contributed by atoms with Crippen molar-refractivity contribution in [3.63, 3.8) is 0 Å². The molecule has 0 aliphatic heterocycles. The number of aryl methyl sites for hydroxylation is 2.